The Bertz CT molecular complexity index is 380. The van der Waals surface area contributed by atoms with E-state index in [0.29, 0.717) is 6.42 Å². The number of halogens is 2. The first-order valence-electron chi connectivity index (χ1n) is 4.65. The lowest BCUT2D eigenvalue weighted by Crippen LogP contribution is -2.02. The van der Waals surface area contributed by atoms with Crippen molar-refractivity contribution in [3.63, 3.8) is 0 Å². The fourth-order valence-corrected chi connectivity index (χ4v) is 1.75. The average Bonchev–Trinajstić information content (AvgIpc) is 2.17. The third kappa shape index (κ3) is 2.82. The fourth-order valence-electron chi connectivity index (χ4n) is 1.29. The molecule has 2 nitrogen and oxygen atoms in total. The molecule has 1 unspecified atom stereocenters. The second-order valence-electron chi connectivity index (χ2n) is 3.19. The minimum absolute atomic E-state index is 0.100. The van der Waals surface area contributed by atoms with Gasteiger partial charge in [0.05, 0.1) is 0 Å². The van der Waals surface area contributed by atoms with Crippen LogP contribution in [0.1, 0.15) is 25.3 Å². The summed E-state index contributed by atoms with van der Waals surface area (Å²) in [7, 11) is 0. The van der Waals surface area contributed by atoms with Gasteiger partial charge in [-0.3, -0.25) is 0 Å². The quantitative estimate of drug-likeness (QED) is 0.813. The van der Waals surface area contributed by atoms with Crippen molar-refractivity contribution in [1.29, 1.82) is 0 Å². The lowest BCUT2D eigenvalue weighted by molar-refractivity contribution is 0.516. The highest BCUT2D eigenvalue weighted by atomic mass is 32.2. The van der Waals surface area contributed by atoms with Gasteiger partial charge in [-0.1, -0.05) is 13.3 Å². The van der Waals surface area contributed by atoms with Crippen LogP contribution in [0.5, 0.6) is 0 Å². The zero-order valence-electron chi connectivity index (χ0n) is 8.30. The van der Waals surface area contributed by atoms with Crippen molar-refractivity contribution < 1.29 is 17.5 Å². The van der Waals surface area contributed by atoms with E-state index in [4.69, 9.17) is 4.55 Å². The van der Waals surface area contributed by atoms with Crippen LogP contribution in [0.2, 0.25) is 0 Å². The molecule has 1 rings (SSSR count). The van der Waals surface area contributed by atoms with Crippen LogP contribution >= 0.6 is 0 Å². The normalized spacial score (nSPS) is 12.8. The van der Waals surface area contributed by atoms with Gasteiger partial charge in [0, 0.05) is 5.56 Å². The molecule has 0 aromatic heterocycles. The van der Waals surface area contributed by atoms with E-state index >= 15 is 0 Å². The van der Waals surface area contributed by atoms with Gasteiger partial charge in [-0.25, -0.2) is 13.0 Å². The van der Waals surface area contributed by atoms with Crippen LogP contribution < -0.4 is 0 Å². The van der Waals surface area contributed by atoms with Crippen molar-refractivity contribution in [2.45, 2.75) is 31.1 Å². The minimum atomic E-state index is -2.41. The van der Waals surface area contributed by atoms with E-state index in [1.54, 1.807) is 0 Å². The van der Waals surface area contributed by atoms with Gasteiger partial charge in [0.15, 0.2) is 11.1 Å². The first-order chi connectivity index (χ1) is 7.07. The third-order valence-electron chi connectivity index (χ3n) is 2.12. The molecule has 5 heteroatoms. The smallest absolute Gasteiger partial charge is 0.189 e. The Labute approximate surface area is 89.6 Å². The van der Waals surface area contributed by atoms with Crippen LogP contribution in [0.3, 0.4) is 0 Å². The summed E-state index contributed by atoms with van der Waals surface area (Å²) in [6, 6.07) is 2.02. The van der Waals surface area contributed by atoms with Crippen LogP contribution in [0.15, 0.2) is 17.0 Å². The van der Waals surface area contributed by atoms with E-state index in [0.717, 1.165) is 18.6 Å². The summed E-state index contributed by atoms with van der Waals surface area (Å²) in [4.78, 5) is -0.359. The molecule has 0 bridgehead atoms. The Morgan fingerprint density at radius 1 is 1.40 bits per heavy atom. The lowest BCUT2D eigenvalue weighted by Gasteiger charge is -2.06. The number of hydrogen-bond acceptors (Lipinski definition) is 1. The van der Waals surface area contributed by atoms with Crippen LogP contribution in [-0.4, -0.2) is 8.76 Å². The Morgan fingerprint density at radius 3 is 2.60 bits per heavy atom. The van der Waals surface area contributed by atoms with E-state index in [1.807, 2.05) is 6.92 Å². The highest BCUT2D eigenvalue weighted by Gasteiger charge is 2.16. The second kappa shape index (κ2) is 5.32. The molecule has 84 valence electrons. The molecule has 0 heterocycles. The van der Waals surface area contributed by atoms with Gasteiger partial charge in [0.25, 0.3) is 0 Å². The maximum Gasteiger partial charge on any atom is 0.189 e. The molecule has 0 radical (unpaired) electrons. The molecule has 0 amide bonds. The van der Waals surface area contributed by atoms with Gasteiger partial charge in [0.1, 0.15) is 16.5 Å². The maximum atomic E-state index is 13.5. The van der Waals surface area contributed by atoms with Crippen molar-refractivity contribution in [2.75, 3.05) is 0 Å². The summed E-state index contributed by atoms with van der Waals surface area (Å²) in [5.41, 5.74) is -0.100. The van der Waals surface area contributed by atoms with Crippen LogP contribution in [0.25, 0.3) is 0 Å². The number of benzene rings is 1. The van der Waals surface area contributed by atoms with Crippen LogP contribution in [-0.2, 0) is 17.5 Å². The Morgan fingerprint density at radius 2 is 2.07 bits per heavy atom. The maximum absolute atomic E-state index is 13.5. The van der Waals surface area contributed by atoms with Gasteiger partial charge in [0.2, 0.25) is 0 Å². The minimum Gasteiger partial charge on any atom is -0.302 e. The monoisotopic (exact) mass is 234 g/mol. The fraction of sp³-hybridized carbons (Fsp3) is 0.400. The summed E-state index contributed by atoms with van der Waals surface area (Å²) in [6.07, 6.45) is 1.71. The molecule has 1 aromatic carbocycles. The van der Waals surface area contributed by atoms with E-state index in [9.17, 15) is 13.0 Å². The second-order valence-corrected chi connectivity index (χ2v) is 4.13. The molecule has 0 aliphatic heterocycles. The van der Waals surface area contributed by atoms with Crippen molar-refractivity contribution in [1.82, 2.24) is 0 Å². The zero-order valence-corrected chi connectivity index (χ0v) is 9.11. The standard InChI is InChI=1S/C10H12F2O2S/c1-2-3-4-7-8(11)5-6-9(10(7)12)15(13)14/h5-6H,2-4H2,1H3,(H,13,14). The summed E-state index contributed by atoms with van der Waals surface area (Å²) in [6.45, 7) is 1.91. The summed E-state index contributed by atoms with van der Waals surface area (Å²) < 4.78 is 46.2. The molecule has 1 N–H and O–H groups in total. The van der Waals surface area contributed by atoms with Gasteiger partial charge >= 0.3 is 0 Å². The van der Waals surface area contributed by atoms with E-state index in [2.05, 4.69) is 0 Å². The first kappa shape index (κ1) is 12.3. The molecule has 0 aliphatic carbocycles. The SMILES string of the molecule is CCCCc1c(F)ccc(S(=O)O)c1F. The molecular weight excluding hydrogens is 222 g/mol. The Hall–Kier alpha value is -0.810. The van der Waals surface area contributed by atoms with Gasteiger partial charge < -0.3 is 4.55 Å². The average molecular weight is 234 g/mol. The topological polar surface area (TPSA) is 37.3 Å². The summed E-state index contributed by atoms with van der Waals surface area (Å²) >= 11 is -2.41. The van der Waals surface area contributed by atoms with Crippen molar-refractivity contribution in [3.8, 4) is 0 Å². The predicted octanol–water partition coefficient (Wildman–Crippen LogP) is 2.89. The van der Waals surface area contributed by atoms with E-state index < -0.39 is 22.7 Å². The van der Waals surface area contributed by atoms with Gasteiger partial charge in [-0.05, 0) is 25.0 Å². The molecule has 0 aliphatic rings. The van der Waals surface area contributed by atoms with Crippen LogP contribution in [0.4, 0.5) is 8.78 Å². The lowest BCUT2D eigenvalue weighted by atomic mass is 10.1. The number of rotatable bonds is 4. The number of unbranched alkanes of at least 4 members (excludes halogenated alkanes) is 1. The molecule has 1 aromatic rings. The zero-order chi connectivity index (χ0) is 11.4. The summed E-state index contributed by atoms with van der Waals surface area (Å²) in [5.74, 6) is -1.56. The summed E-state index contributed by atoms with van der Waals surface area (Å²) in [5, 5.41) is 0. The van der Waals surface area contributed by atoms with Crippen LogP contribution in [0, 0.1) is 11.6 Å². The van der Waals surface area contributed by atoms with Crippen molar-refractivity contribution in [2.24, 2.45) is 0 Å². The predicted molar refractivity (Wildman–Crippen MR) is 54.0 cm³/mol. The first-order valence-corrected chi connectivity index (χ1v) is 5.76. The highest BCUT2D eigenvalue weighted by molar-refractivity contribution is 7.79. The van der Waals surface area contributed by atoms with Crippen molar-refractivity contribution in [3.05, 3.63) is 29.3 Å². The van der Waals surface area contributed by atoms with E-state index in [-0.39, 0.29) is 16.9 Å². The number of hydrogen-bond donors (Lipinski definition) is 1. The largest absolute Gasteiger partial charge is 0.302 e. The molecule has 15 heavy (non-hydrogen) atoms. The highest BCUT2D eigenvalue weighted by Crippen LogP contribution is 2.20. The third-order valence-corrected chi connectivity index (χ3v) is 2.81. The molecule has 1 atom stereocenters. The molecule has 0 fully saturated rings. The Balaban J connectivity index is 3.12. The van der Waals surface area contributed by atoms with Crippen molar-refractivity contribution >= 4 is 11.1 Å². The molecule has 0 spiro atoms. The van der Waals surface area contributed by atoms with Gasteiger partial charge in [-0.15, -0.1) is 0 Å². The van der Waals surface area contributed by atoms with Gasteiger partial charge in [-0.2, -0.15) is 0 Å². The molecule has 0 saturated heterocycles. The molecular formula is C10H12F2O2S. The molecule has 0 saturated carbocycles. The Kier molecular flexibility index (Phi) is 4.35. The van der Waals surface area contributed by atoms with E-state index in [1.165, 1.54) is 0 Å².